The fourth-order valence-electron chi connectivity index (χ4n) is 2.48. The van der Waals surface area contributed by atoms with Gasteiger partial charge in [0.2, 0.25) is 0 Å². The van der Waals surface area contributed by atoms with E-state index >= 15 is 0 Å². The number of anilines is 2. The SMILES string of the molecule is CC1CCCCN1c1ccc(S(C)(=O)=O)cc1N. The summed E-state index contributed by atoms with van der Waals surface area (Å²) >= 11 is 0. The average Bonchev–Trinajstić information content (AvgIpc) is 2.29. The van der Waals surface area contributed by atoms with Crippen molar-refractivity contribution in [1.82, 2.24) is 0 Å². The number of benzene rings is 1. The average molecular weight is 268 g/mol. The van der Waals surface area contributed by atoms with Crippen LogP contribution in [0.5, 0.6) is 0 Å². The van der Waals surface area contributed by atoms with Crippen molar-refractivity contribution in [3.05, 3.63) is 18.2 Å². The molecule has 100 valence electrons. The molecule has 0 saturated carbocycles. The first-order chi connectivity index (χ1) is 8.39. The molecule has 0 radical (unpaired) electrons. The molecular formula is C13H20N2O2S. The lowest BCUT2D eigenvalue weighted by Gasteiger charge is -2.36. The topological polar surface area (TPSA) is 63.4 Å². The van der Waals surface area contributed by atoms with Crippen LogP contribution in [0.4, 0.5) is 11.4 Å². The smallest absolute Gasteiger partial charge is 0.175 e. The third kappa shape index (κ3) is 2.61. The van der Waals surface area contributed by atoms with E-state index in [-0.39, 0.29) is 4.90 Å². The van der Waals surface area contributed by atoms with E-state index in [1.54, 1.807) is 12.1 Å². The van der Waals surface area contributed by atoms with Crippen LogP contribution in [0.3, 0.4) is 0 Å². The Labute approximate surface area is 109 Å². The Morgan fingerprint density at radius 3 is 2.61 bits per heavy atom. The maximum Gasteiger partial charge on any atom is 0.175 e. The normalized spacial score (nSPS) is 21.0. The summed E-state index contributed by atoms with van der Waals surface area (Å²) < 4.78 is 22.9. The third-order valence-corrected chi connectivity index (χ3v) is 4.65. The van der Waals surface area contributed by atoms with Crippen molar-refractivity contribution in [3.63, 3.8) is 0 Å². The molecule has 5 heteroatoms. The van der Waals surface area contributed by atoms with Crippen LogP contribution in [0.1, 0.15) is 26.2 Å². The van der Waals surface area contributed by atoms with Crippen molar-refractivity contribution in [2.75, 3.05) is 23.4 Å². The third-order valence-electron chi connectivity index (χ3n) is 3.54. The molecule has 1 saturated heterocycles. The van der Waals surface area contributed by atoms with E-state index in [1.165, 1.54) is 12.7 Å². The van der Waals surface area contributed by atoms with Gasteiger partial charge in [-0.2, -0.15) is 0 Å². The number of hydrogen-bond donors (Lipinski definition) is 1. The maximum absolute atomic E-state index is 11.5. The Morgan fingerprint density at radius 2 is 2.06 bits per heavy atom. The predicted molar refractivity (Wildman–Crippen MR) is 74.6 cm³/mol. The highest BCUT2D eigenvalue weighted by molar-refractivity contribution is 7.90. The summed E-state index contributed by atoms with van der Waals surface area (Å²) in [5.74, 6) is 0. The number of nitrogens with zero attached hydrogens (tertiary/aromatic N) is 1. The second-order valence-corrected chi connectivity index (χ2v) is 7.05. The molecule has 1 unspecified atom stereocenters. The molecule has 0 spiro atoms. The lowest BCUT2D eigenvalue weighted by atomic mass is 10.0. The molecule has 1 aliphatic heterocycles. The zero-order valence-electron chi connectivity index (χ0n) is 10.9. The van der Waals surface area contributed by atoms with Crippen LogP contribution in [-0.2, 0) is 9.84 Å². The Balaban J connectivity index is 2.35. The second-order valence-electron chi connectivity index (χ2n) is 5.03. The van der Waals surface area contributed by atoms with Gasteiger partial charge in [-0.05, 0) is 44.4 Å². The van der Waals surface area contributed by atoms with Gasteiger partial charge < -0.3 is 10.6 Å². The minimum absolute atomic E-state index is 0.286. The number of nitrogen functional groups attached to an aromatic ring is 1. The van der Waals surface area contributed by atoms with Gasteiger partial charge in [-0.15, -0.1) is 0 Å². The largest absolute Gasteiger partial charge is 0.397 e. The number of piperidine rings is 1. The fraction of sp³-hybridized carbons (Fsp3) is 0.538. The van der Waals surface area contributed by atoms with E-state index in [0.29, 0.717) is 11.7 Å². The first-order valence-corrected chi connectivity index (χ1v) is 8.15. The molecule has 1 heterocycles. The van der Waals surface area contributed by atoms with Crippen LogP contribution in [0.15, 0.2) is 23.1 Å². The first-order valence-electron chi connectivity index (χ1n) is 6.26. The van der Waals surface area contributed by atoms with Crippen molar-refractivity contribution in [3.8, 4) is 0 Å². The van der Waals surface area contributed by atoms with E-state index in [2.05, 4.69) is 11.8 Å². The zero-order chi connectivity index (χ0) is 13.3. The molecule has 0 aliphatic carbocycles. The highest BCUT2D eigenvalue weighted by atomic mass is 32.2. The molecule has 2 rings (SSSR count). The molecule has 0 bridgehead atoms. The number of rotatable bonds is 2. The summed E-state index contributed by atoms with van der Waals surface area (Å²) in [6.45, 7) is 3.17. The molecule has 1 aromatic carbocycles. The highest BCUT2D eigenvalue weighted by Gasteiger charge is 2.21. The number of hydrogen-bond acceptors (Lipinski definition) is 4. The molecular weight excluding hydrogens is 248 g/mol. The Kier molecular flexibility index (Phi) is 3.52. The van der Waals surface area contributed by atoms with Gasteiger partial charge in [0.25, 0.3) is 0 Å². The van der Waals surface area contributed by atoms with Crippen molar-refractivity contribution in [2.24, 2.45) is 0 Å². The number of nitrogens with two attached hydrogens (primary N) is 1. The lowest BCUT2D eigenvalue weighted by molar-refractivity contribution is 0.485. The quantitative estimate of drug-likeness (QED) is 0.834. The van der Waals surface area contributed by atoms with Gasteiger partial charge in [-0.25, -0.2) is 8.42 Å². The zero-order valence-corrected chi connectivity index (χ0v) is 11.7. The Morgan fingerprint density at radius 1 is 1.33 bits per heavy atom. The van der Waals surface area contributed by atoms with Crippen LogP contribution >= 0.6 is 0 Å². The standard InChI is InChI=1S/C13H20N2O2S/c1-10-5-3-4-8-15(10)13-7-6-11(9-12(13)14)18(2,16)17/h6-7,9-10H,3-5,8,14H2,1-2H3. The maximum atomic E-state index is 11.5. The van der Waals surface area contributed by atoms with Gasteiger partial charge in [-0.3, -0.25) is 0 Å². The summed E-state index contributed by atoms with van der Waals surface area (Å²) in [6.07, 6.45) is 4.77. The Bertz CT molecular complexity index is 540. The Hall–Kier alpha value is -1.23. The van der Waals surface area contributed by atoms with Gasteiger partial charge >= 0.3 is 0 Å². The van der Waals surface area contributed by atoms with Gasteiger partial charge in [0.05, 0.1) is 16.3 Å². The van der Waals surface area contributed by atoms with Crippen molar-refractivity contribution < 1.29 is 8.42 Å². The van der Waals surface area contributed by atoms with E-state index in [9.17, 15) is 8.42 Å². The van der Waals surface area contributed by atoms with Crippen LogP contribution in [0, 0.1) is 0 Å². The summed E-state index contributed by atoms with van der Waals surface area (Å²) in [5, 5.41) is 0. The molecule has 2 N–H and O–H groups in total. The molecule has 18 heavy (non-hydrogen) atoms. The van der Waals surface area contributed by atoms with E-state index in [4.69, 9.17) is 5.73 Å². The van der Waals surface area contributed by atoms with Crippen molar-refractivity contribution >= 4 is 21.2 Å². The summed E-state index contributed by atoms with van der Waals surface area (Å²) in [6, 6.07) is 5.49. The summed E-state index contributed by atoms with van der Waals surface area (Å²) in [4.78, 5) is 2.55. The van der Waals surface area contributed by atoms with Crippen LogP contribution < -0.4 is 10.6 Å². The van der Waals surface area contributed by atoms with Crippen LogP contribution in [0.25, 0.3) is 0 Å². The second kappa shape index (κ2) is 4.80. The van der Waals surface area contributed by atoms with E-state index in [1.807, 2.05) is 6.07 Å². The minimum Gasteiger partial charge on any atom is -0.397 e. The van der Waals surface area contributed by atoms with Gasteiger partial charge in [-0.1, -0.05) is 0 Å². The fourth-order valence-corrected chi connectivity index (χ4v) is 3.14. The molecule has 1 aliphatic rings. The number of sulfone groups is 1. The first kappa shape index (κ1) is 13.2. The molecule has 0 amide bonds. The molecule has 4 nitrogen and oxygen atoms in total. The van der Waals surface area contributed by atoms with Crippen molar-refractivity contribution in [1.29, 1.82) is 0 Å². The van der Waals surface area contributed by atoms with Crippen LogP contribution in [0.2, 0.25) is 0 Å². The highest BCUT2D eigenvalue weighted by Crippen LogP contribution is 2.31. The predicted octanol–water partition coefficient (Wildman–Crippen LogP) is 2.05. The van der Waals surface area contributed by atoms with Gasteiger partial charge in [0, 0.05) is 18.8 Å². The molecule has 1 aromatic rings. The lowest BCUT2D eigenvalue weighted by Crippen LogP contribution is -2.37. The summed E-state index contributed by atoms with van der Waals surface area (Å²) in [7, 11) is -3.18. The molecule has 1 atom stereocenters. The summed E-state index contributed by atoms with van der Waals surface area (Å²) in [5.41, 5.74) is 7.51. The van der Waals surface area contributed by atoms with Gasteiger partial charge in [0.1, 0.15) is 0 Å². The van der Waals surface area contributed by atoms with E-state index < -0.39 is 9.84 Å². The van der Waals surface area contributed by atoms with Crippen LogP contribution in [-0.4, -0.2) is 27.3 Å². The minimum atomic E-state index is -3.18. The van der Waals surface area contributed by atoms with Crippen molar-refractivity contribution in [2.45, 2.75) is 37.1 Å². The monoisotopic (exact) mass is 268 g/mol. The molecule has 1 fully saturated rings. The van der Waals surface area contributed by atoms with Gasteiger partial charge in [0.15, 0.2) is 9.84 Å². The van der Waals surface area contributed by atoms with E-state index in [0.717, 1.165) is 25.1 Å². The molecule has 0 aromatic heterocycles.